The molecular formula is C25H31N3O3. The lowest BCUT2D eigenvalue weighted by molar-refractivity contribution is 0.0183. The fraction of sp³-hybridized carbons (Fsp3) is 0.440. The van der Waals surface area contributed by atoms with Crippen LogP contribution in [0.2, 0.25) is 0 Å². The molecule has 164 valence electrons. The molecule has 1 aliphatic rings. The van der Waals surface area contributed by atoms with E-state index < -0.39 is 5.60 Å². The summed E-state index contributed by atoms with van der Waals surface area (Å²) in [6, 6.07) is 17.1. The van der Waals surface area contributed by atoms with Crippen molar-refractivity contribution in [3.63, 3.8) is 0 Å². The number of imidazole rings is 1. The molecule has 1 atom stereocenters. The van der Waals surface area contributed by atoms with E-state index >= 15 is 0 Å². The van der Waals surface area contributed by atoms with E-state index in [1.54, 1.807) is 4.90 Å². The topological polar surface area (TPSA) is 56.6 Å². The van der Waals surface area contributed by atoms with Gasteiger partial charge in [0, 0.05) is 6.54 Å². The number of ether oxygens (including phenoxy) is 2. The van der Waals surface area contributed by atoms with Gasteiger partial charge in [-0.1, -0.05) is 42.0 Å². The quantitative estimate of drug-likeness (QED) is 0.570. The standard InChI is InChI=1S/C25H31N3O3/c1-18-11-13-19(14-12-18)16-28-22-10-6-5-9-21(22)26-23(28)30-17-20-8-7-15-27(20)24(29)31-25(2,3)4/h5-6,9-14,20H,7-8,15-17H2,1-4H3/t20-/m0/s1. The number of aromatic nitrogens is 2. The molecular weight excluding hydrogens is 390 g/mol. The van der Waals surface area contributed by atoms with E-state index in [1.807, 2.05) is 39.0 Å². The third-order valence-corrected chi connectivity index (χ3v) is 5.49. The molecule has 2 aromatic carbocycles. The molecule has 1 aliphatic heterocycles. The summed E-state index contributed by atoms with van der Waals surface area (Å²) in [5.41, 5.74) is 3.86. The molecule has 4 rings (SSSR count). The number of para-hydroxylation sites is 2. The van der Waals surface area contributed by atoms with Gasteiger partial charge in [-0.2, -0.15) is 4.98 Å². The lowest BCUT2D eigenvalue weighted by Gasteiger charge is -2.28. The van der Waals surface area contributed by atoms with E-state index in [9.17, 15) is 4.79 Å². The van der Waals surface area contributed by atoms with Gasteiger partial charge in [0.05, 0.1) is 23.6 Å². The number of hydrogen-bond acceptors (Lipinski definition) is 4. The first-order valence-corrected chi connectivity index (χ1v) is 10.9. The maximum Gasteiger partial charge on any atom is 0.410 e. The zero-order valence-corrected chi connectivity index (χ0v) is 18.8. The van der Waals surface area contributed by atoms with Crippen molar-refractivity contribution in [1.29, 1.82) is 0 Å². The highest BCUT2D eigenvalue weighted by Gasteiger charge is 2.33. The van der Waals surface area contributed by atoms with Crippen molar-refractivity contribution in [1.82, 2.24) is 14.5 Å². The molecule has 0 unspecified atom stereocenters. The summed E-state index contributed by atoms with van der Waals surface area (Å²) in [6.45, 7) is 9.53. The summed E-state index contributed by atoms with van der Waals surface area (Å²) < 4.78 is 13.9. The molecule has 6 nitrogen and oxygen atoms in total. The molecule has 31 heavy (non-hydrogen) atoms. The van der Waals surface area contributed by atoms with Gasteiger partial charge in [-0.05, 0) is 58.2 Å². The van der Waals surface area contributed by atoms with Crippen LogP contribution >= 0.6 is 0 Å². The van der Waals surface area contributed by atoms with Gasteiger partial charge in [0.25, 0.3) is 6.01 Å². The van der Waals surface area contributed by atoms with Crippen molar-refractivity contribution in [2.75, 3.05) is 13.2 Å². The number of nitrogens with zero attached hydrogens (tertiary/aromatic N) is 3. The van der Waals surface area contributed by atoms with Crippen LogP contribution in [-0.4, -0.2) is 45.3 Å². The normalized spacial score (nSPS) is 16.6. The highest BCUT2D eigenvalue weighted by Crippen LogP contribution is 2.25. The van der Waals surface area contributed by atoms with E-state index in [4.69, 9.17) is 14.5 Å². The second-order valence-corrected chi connectivity index (χ2v) is 9.24. The minimum absolute atomic E-state index is 0.0116. The molecule has 3 aromatic rings. The molecule has 0 spiro atoms. The van der Waals surface area contributed by atoms with Crippen LogP contribution in [0.1, 0.15) is 44.7 Å². The Morgan fingerprint density at radius 1 is 1.13 bits per heavy atom. The van der Waals surface area contributed by atoms with E-state index in [1.165, 1.54) is 11.1 Å². The zero-order valence-electron chi connectivity index (χ0n) is 18.8. The first kappa shape index (κ1) is 21.2. The maximum atomic E-state index is 12.6. The van der Waals surface area contributed by atoms with Gasteiger partial charge < -0.3 is 14.4 Å². The van der Waals surface area contributed by atoms with Gasteiger partial charge in [0.2, 0.25) is 0 Å². The minimum atomic E-state index is -0.507. The van der Waals surface area contributed by atoms with Crippen molar-refractivity contribution in [2.45, 2.75) is 58.7 Å². The van der Waals surface area contributed by atoms with Crippen LogP contribution in [0.4, 0.5) is 4.79 Å². The van der Waals surface area contributed by atoms with Gasteiger partial charge in [0.1, 0.15) is 12.2 Å². The second kappa shape index (κ2) is 8.61. The van der Waals surface area contributed by atoms with Gasteiger partial charge in [-0.3, -0.25) is 4.57 Å². The molecule has 1 fully saturated rings. The summed E-state index contributed by atoms with van der Waals surface area (Å²) in [7, 11) is 0. The number of rotatable bonds is 5. The van der Waals surface area contributed by atoms with Crippen LogP contribution < -0.4 is 4.74 Å². The minimum Gasteiger partial charge on any atom is -0.462 e. The Morgan fingerprint density at radius 3 is 2.61 bits per heavy atom. The number of aryl methyl sites for hydroxylation is 1. The van der Waals surface area contributed by atoms with Gasteiger partial charge in [-0.25, -0.2) is 4.79 Å². The average molecular weight is 422 g/mol. The van der Waals surface area contributed by atoms with Gasteiger partial charge in [0.15, 0.2) is 0 Å². The molecule has 0 saturated carbocycles. The fourth-order valence-corrected chi connectivity index (χ4v) is 3.93. The second-order valence-electron chi connectivity index (χ2n) is 9.24. The Kier molecular flexibility index (Phi) is 5.90. The lowest BCUT2D eigenvalue weighted by atomic mass is 10.1. The Labute approximate surface area is 183 Å². The maximum absolute atomic E-state index is 12.6. The Hall–Kier alpha value is -3.02. The molecule has 6 heteroatoms. The van der Waals surface area contributed by atoms with Crippen molar-refractivity contribution in [3.05, 3.63) is 59.7 Å². The van der Waals surface area contributed by atoms with E-state index in [-0.39, 0.29) is 12.1 Å². The molecule has 0 aliphatic carbocycles. The van der Waals surface area contributed by atoms with Crippen LogP contribution in [0.5, 0.6) is 6.01 Å². The van der Waals surface area contributed by atoms with E-state index in [2.05, 4.69) is 41.8 Å². The molecule has 0 radical (unpaired) electrons. The molecule has 1 saturated heterocycles. The summed E-state index contributed by atoms with van der Waals surface area (Å²) in [4.78, 5) is 19.1. The summed E-state index contributed by atoms with van der Waals surface area (Å²) in [5.74, 6) is 0. The molecule has 0 bridgehead atoms. The SMILES string of the molecule is Cc1ccc(Cn2c(OC[C@@H]3CCCN3C(=O)OC(C)(C)C)nc3ccccc32)cc1. The summed E-state index contributed by atoms with van der Waals surface area (Å²) in [5, 5.41) is 0. The van der Waals surface area contributed by atoms with Gasteiger partial charge >= 0.3 is 6.09 Å². The summed E-state index contributed by atoms with van der Waals surface area (Å²) in [6.07, 6.45) is 1.58. The Bertz CT molecular complexity index is 1050. The zero-order chi connectivity index (χ0) is 22.0. The lowest BCUT2D eigenvalue weighted by Crippen LogP contribution is -2.42. The van der Waals surface area contributed by atoms with Crippen molar-refractivity contribution >= 4 is 17.1 Å². The average Bonchev–Trinajstić information content (AvgIpc) is 3.32. The van der Waals surface area contributed by atoms with Crippen molar-refractivity contribution in [2.24, 2.45) is 0 Å². The number of carbonyl (C=O) groups excluding carboxylic acids is 1. The van der Waals surface area contributed by atoms with Crippen molar-refractivity contribution in [3.8, 4) is 6.01 Å². The van der Waals surface area contributed by atoms with E-state index in [0.29, 0.717) is 25.7 Å². The van der Waals surface area contributed by atoms with E-state index in [0.717, 1.165) is 23.9 Å². The number of amides is 1. The first-order valence-electron chi connectivity index (χ1n) is 10.9. The van der Waals surface area contributed by atoms with Crippen LogP contribution in [0.3, 0.4) is 0 Å². The van der Waals surface area contributed by atoms with Crippen LogP contribution in [-0.2, 0) is 11.3 Å². The number of benzene rings is 2. The Balaban J connectivity index is 1.53. The highest BCUT2D eigenvalue weighted by molar-refractivity contribution is 5.76. The number of hydrogen-bond donors (Lipinski definition) is 0. The Morgan fingerprint density at radius 2 is 1.87 bits per heavy atom. The highest BCUT2D eigenvalue weighted by atomic mass is 16.6. The summed E-state index contributed by atoms with van der Waals surface area (Å²) >= 11 is 0. The fourth-order valence-electron chi connectivity index (χ4n) is 3.93. The van der Waals surface area contributed by atoms with Crippen LogP contribution in [0.15, 0.2) is 48.5 Å². The predicted octanol–water partition coefficient (Wildman–Crippen LogP) is 5.17. The molecule has 1 amide bonds. The van der Waals surface area contributed by atoms with Crippen LogP contribution in [0, 0.1) is 6.92 Å². The monoisotopic (exact) mass is 421 g/mol. The molecule has 0 N–H and O–H groups in total. The third-order valence-electron chi connectivity index (χ3n) is 5.49. The largest absolute Gasteiger partial charge is 0.462 e. The smallest absolute Gasteiger partial charge is 0.410 e. The van der Waals surface area contributed by atoms with Gasteiger partial charge in [-0.15, -0.1) is 0 Å². The predicted molar refractivity (Wildman–Crippen MR) is 121 cm³/mol. The molecule has 2 heterocycles. The third kappa shape index (κ3) is 5.01. The number of likely N-dealkylation sites (tertiary alicyclic amines) is 1. The first-order chi connectivity index (χ1) is 14.8. The molecule has 1 aromatic heterocycles. The van der Waals surface area contributed by atoms with Crippen LogP contribution in [0.25, 0.3) is 11.0 Å². The van der Waals surface area contributed by atoms with Crippen molar-refractivity contribution < 1.29 is 14.3 Å². The number of fused-ring (bicyclic) bond motifs is 1. The number of carbonyl (C=O) groups is 1.